The Labute approximate surface area is 99.0 Å². The lowest BCUT2D eigenvalue weighted by Gasteiger charge is -2.00. The third-order valence-corrected chi connectivity index (χ3v) is 2.57. The van der Waals surface area contributed by atoms with Crippen molar-refractivity contribution < 1.29 is 4.74 Å². The number of nitrogen functional groups attached to an aromatic ring is 1. The third-order valence-electron chi connectivity index (χ3n) is 2.57. The van der Waals surface area contributed by atoms with E-state index in [1.807, 2.05) is 24.3 Å². The molecule has 2 rings (SSSR count). The van der Waals surface area contributed by atoms with Gasteiger partial charge in [-0.1, -0.05) is 0 Å². The van der Waals surface area contributed by atoms with Crippen molar-refractivity contribution >= 4 is 5.82 Å². The summed E-state index contributed by atoms with van der Waals surface area (Å²) in [6.07, 6.45) is 0. The van der Waals surface area contributed by atoms with Gasteiger partial charge in [0.25, 0.3) is 0 Å². The smallest absolute Gasteiger partial charge is 0.140 e. The predicted molar refractivity (Wildman–Crippen MR) is 64.3 cm³/mol. The fraction of sp³-hybridized carbons (Fsp3) is 0.167. The first-order chi connectivity index (χ1) is 8.17. The number of aryl methyl sites for hydroxylation is 1. The van der Waals surface area contributed by atoms with Gasteiger partial charge in [0.05, 0.1) is 7.11 Å². The van der Waals surface area contributed by atoms with Crippen LogP contribution in [-0.4, -0.2) is 16.9 Å². The van der Waals surface area contributed by atoms with Crippen LogP contribution in [0.5, 0.6) is 5.75 Å². The molecular weight excluding hydrogens is 216 g/mol. The molecule has 0 saturated heterocycles. The molecule has 0 unspecified atom stereocenters. The van der Waals surface area contributed by atoms with Gasteiger partial charge in [-0.15, -0.1) is 0 Å². The Morgan fingerprint density at radius 2 is 2.00 bits per heavy atom. The molecule has 0 amide bonds. The number of hydrogen-bond donors (Lipinski definition) is 1. The second kappa shape index (κ2) is 4.18. The molecule has 86 valence electrons. The number of rotatable bonds is 2. The van der Waals surface area contributed by atoms with E-state index in [2.05, 4.69) is 11.2 Å². The van der Waals surface area contributed by atoms with Crippen LogP contribution < -0.4 is 10.5 Å². The monoisotopic (exact) mass is 228 g/mol. The Bertz CT molecular complexity index is 578. The summed E-state index contributed by atoms with van der Waals surface area (Å²) in [7, 11) is 3.32. The number of methoxy groups -OCH3 is 1. The molecule has 17 heavy (non-hydrogen) atoms. The number of benzene rings is 1. The Kier molecular flexibility index (Phi) is 2.71. The summed E-state index contributed by atoms with van der Waals surface area (Å²) in [4.78, 5) is 0. The summed E-state index contributed by atoms with van der Waals surface area (Å²) >= 11 is 0. The molecular formula is C12H12N4O. The van der Waals surface area contributed by atoms with Crippen LogP contribution in [0, 0.1) is 11.3 Å². The molecule has 0 aliphatic rings. The van der Waals surface area contributed by atoms with Gasteiger partial charge in [-0.2, -0.15) is 10.4 Å². The molecule has 2 aromatic rings. The Balaban J connectivity index is 2.53. The maximum absolute atomic E-state index is 9.07. The maximum Gasteiger partial charge on any atom is 0.140 e. The van der Waals surface area contributed by atoms with Crippen LogP contribution in [0.1, 0.15) is 5.56 Å². The van der Waals surface area contributed by atoms with E-state index in [1.165, 1.54) is 4.68 Å². The molecule has 1 aromatic carbocycles. The lowest BCUT2D eigenvalue weighted by Crippen LogP contribution is -1.97. The van der Waals surface area contributed by atoms with Gasteiger partial charge in [-0.05, 0) is 24.3 Å². The fourth-order valence-corrected chi connectivity index (χ4v) is 1.60. The number of ether oxygens (including phenoxy) is 1. The van der Waals surface area contributed by atoms with Crippen molar-refractivity contribution in [3.63, 3.8) is 0 Å². The average molecular weight is 228 g/mol. The normalized spacial score (nSPS) is 9.94. The summed E-state index contributed by atoms with van der Waals surface area (Å²) in [5.74, 6) is 1.13. The molecule has 2 N–H and O–H groups in total. The molecule has 1 heterocycles. The molecule has 0 aliphatic carbocycles. The van der Waals surface area contributed by atoms with E-state index in [0.29, 0.717) is 17.1 Å². The van der Waals surface area contributed by atoms with Crippen LogP contribution in [0.15, 0.2) is 24.3 Å². The molecule has 0 radical (unpaired) electrons. The minimum absolute atomic E-state index is 0.373. The van der Waals surface area contributed by atoms with E-state index in [-0.39, 0.29) is 0 Å². The van der Waals surface area contributed by atoms with E-state index >= 15 is 0 Å². The molecule has 0 aliphatic heterocycles. The van der Waals surface area contributed by atoms with E-state index in [9.17, 15) is 0 Å². The predicted octanol–water partition coefficient (Wildman–Crippen LogP) is 1.55. The number of anilines is 1. The van der Waals surface area contributed by atoms with Gasteiger partial charge in [0.15, 0.2) is 0 Å². The highest BCUT2D eigenvalue weighted by Gasteiger charge is 2.14. The molecule has 5 heteroatoms. The molecule has 1 aromatic heterocycles. The summed E-state index contributed by atoms with van der Waals surface area (Å²) in [6.45, 7) is 0. The van der Waals surface area contributed by atoms with Crippen LogP contribution >= 0.6 is 0 Å². The summed E-state index contributed by atoms with van der Waals surface area (Å²) in [6, 6.07) is 9.41. The number of nitriles is 1. The highest BCUT2D eigenvalue weighted by molar-refractivity contribution is 5.72. The van der Waals surface area contributed by atoms with E-state index in [1.54, 1.807) is 14.2 Å². The van der Waals surface area contributed by atoms with Crippen LogP contribution in [0.4, 0.5) is 5.82 Å². The van der Waals surface area contributed by atoms with Crippen LogP contribution in [0.3, 0.4) is 0 Å². The average Bonchev–Trinajstić information content (AvgIpc) is 2.65. The van der Waals surface area contributed by atoms with Gasteiger partial charge in [-0.3, -0.25) is 4.68 Å². The van der Waals surface area contributed by atoms with Crippen molar-refractivity contribution in [1.82, 2.24) is 9.78 Å². The number of nitrogens with two attached hydrogens (primary N) is 1. The standard InChI is InChI=1S/C12H12N4O/c1-16-12(14)10(7-13)11(15-16)8-3-5-9(17-2)6-4-8/h3-6H,14H2,1-2H3. The van der Waals surface area contributed by atoms with Crippen molar-refractivity contribution in [1.29, 1.82) is 5.26 Å². The summed E-state index contributed by atoms with van der Waals surface area (Å²) in [5.41, 5.74) is 7.60. The van der Waals surface area contributed by atoms with Gasteiger partial charge in [-0.25, -0.2) is 0 Å². The Morgan fingerprint density at radius 1 is 1.35 bits per heavy atom. The molecule has 5 nitrogen and oxygen atoms in total. The molecule has 0 spiro atoms. The highest BCUT2D eigenvalue weighted by Crippen LogP contribution is 2.27. The third kappa shape index (κ3) is 1.81. The maximum atomic E-state index is 9.07. The molecule has 0 bridgehead atoms. The number of hydrogen-bond acceptors (Lipinski definition) is 4. The van der Waals surface area contributed by atoms with Crippen molar-refractivity contribution in [3.05, 3.63) is 29.8 Å². The first-order valence-electron chi connectivity index (χ1n) is 5.04. The fourth-order valence-electron chi connectivity index (χ4n) is 1.60. The van der Waals surface area contributed by atoms with Crippen LogP contribution in [0.2, 0.25) is 0 Å². The van der Waals surface area contributed by atoms with Crippen LogP contribution in [-0.2, 0) is 7.05 Å². The first kappa shape index (κ1) is 11.0. The second-order valence-corrected chi connectivity index (χ2v) is 3.57. The molecule has 0 atom stereocenters. The first-order valence-corrected chi connectivity index (χ1v) is 5.04. The number of aromatic nitrogens is 2. The minimum atomic E-state index is 0.373. The van der Waals surface area contributed by atoms with Crippen molar-refractivity contribution in [2.45, 2.75) is 0 Å². The van der Waals surface area contributed by atoms with Crippen LogP contribution in [0.25, 0.3) is 11.3 Å². The van der Waals surface area contributed by atoms with E-state index in [0.717, 1.165) is 11.3 Å². The Morgan fingerprint density at radius 3 is 2.53 bits per heavy atom. The highest BCUT2D eigenvalue weighted by atomic mass is 16.5. The van der Waals surface area contributed by atoms with Gasteiger partial charge < -0.3 is 10.5 Å². The number of nitrogens with zero attached hydrogens (tertiary/aromatic N) is 3. The topological polar surface area (TPSA) is 76.9 Å². The van der Waals surface area contributed by atoms with Gasteiger partial charge in [0, 0.05) is 12.6 Å². The van der Waals surface area contributed by atoms with Crippen molar-refractivity contribution in [3.8, 4) is 23.1 Å². The van der Waals surface area contributed by atoms with E-state index in [4.69, 9.17) is 15.7 Å². The largest absolute Gasteiger partial charge is 0.497 e. The molecule has 0 fully saturated rings. The van der Waals surface area contributed by atoms with Crippen molar-refractivity contribution in [2.24, 2.45) is 7.05 Å². The van der Waals surface area contributed by atoms with Crippen molar-refractivity contribution in [2.75, 3.05) is 12.8 Å². The van der Waals surface area contributed by atoms with E-state index < -0.39 is 0 Å². The lowest BCUT2D eigenvalue weighted by molar-refractivity contribution is 0.415. The zero-order valence-corrected chi connectivity index (χ0v) is 9.64. The van der Waals surface area contributed by atoms with Gasteiger partial charge in [0.1, 0.15) is 28.9 Å². The Hall–Kier alpha value is -2.48. The zero-order valence-electron chi connectivity index (χ0n) is 9.64. The quantitative estimate of drug-likeness (QED) is 0.846. The SMILES string of the molecule is COc1ccc(-c2nn(C)c(N)c2C#N)cc1. The minimum Gasteiger partial charge on any atom is -0.497 e. The lowest BCUT2D eigenvalue weighted by atomic mass is 10.1. The molecule has 0 saturated carbocycles. The summed E-state index contributed by atoms with van der Waals surface area (Å²) < 4.78 is 6.57. The second-order valence-electron chi connectivity index (χ2n) is 3.57. The summed E-state index contributed by atoms with van der Waals surface area (Å²) in [5, 5.41) is 13.3. The van der Waals surface area contributed by atoms with Gasteiger partial charge >= 0.3 is 0 Å². The van der Waals surface area contributed by atoms with Gasteiger partial charge in [0.2, 0.25) is 0 Å². The zero-order chi connectivity index (χ0) is 12.4.